The molecule has 19 heavy (non-hydrogen) atoms. The predicted molar refractivity (Wildman–Crippen MR) is 63.9 cm³/mol. The summed E-state index contributed by atoms with van der Waals surface area (Å²) in [6.07, 6.45) is -1.11. The van der Waals surface area contributed by atoms with Crippen molar-refractivity contribution in [3.63, 3.8) is 0 Å². The highest BCUT2D eigenvalue weighted by Crippen LogP contribution is 2.32. The second-order valence-corrected chi connectivity index (χ2v) is 4.82. The number of urea groups is 1. The first kappa shape index (κ1) is 13.7. The summed E-state index contributed by atoms with van der Waals surface area (Å²) in [7, 11) is 2.91. The van der Waals surface area contributed by atoms with E-state index in [4.69, 9.17) is 0 Å². The van der Waals surface area contributed by atoms with Gasteiger partial charge in [-0.15, -0.1) is 0 Å². The van der Waals surface area contributed by atoms with E-state index in [0.717, 1.165) is 22.6 Å². The van der Waals surface area contributed by atoms with Crippen LogP contribution in [0.25, 0.3) is 0 Å². The maximum absolute atomic E-state index is 13.3. The molecule has 2 amide bonds. The van der Waals surface area contributed by atoms with E-state index in [9.17, 15) is 18.7 Å². The van der Waals surface area contributed by atoms with Crippen LogP contribution in [0.5, 0.6) is 0 Å². The van der Waals surface area contributed by atoms with Crippen molar-refractivity contribution in [3.8, 4) is 0 Å². The number of carbonyl (C=O) groups is 1. The van der Waals surface area contributed by atoms with Crippen LogP contribution in [-0.4, -0.2) is 45.1 Å². The van der Waals surface area contributed by atoms with E-state index in [1.54, 1.807) is 6.92 Å². The number of hydrogen-bond donors (Lipinski definition) is 1. The van der Waals surface area contributed by atoms with Gasteiger partial charge < -0.3 is 10.0 Å². The fraction of sp³-hybridized carbons (Fsp3) is 0.636. The molecular weight excluding hydrogens is 258 g/mol. The molecule has 2 atom stereocenters. The molecule has 0 aromatic carbocycles. The quantitative estimate of drug-likeness (QED) is 0.878. The number of anilines is 1. The fourth-order valence-electron chi connectivity index (χ4n) is 2.09. The molecule has 1 aromatic heterocycles. The van der Waals surface area contributed by atoms with Crippen molar-refractivity contribution in [2.75, 3.05) is 11.9 Å². The van der Waals surface area contributed by atoms with Gasteiger partial charge in [0, 0.05) is 27.1 Å². The summed E-state index contributed by atoms with van der Waals surface area (Å²) in [4.78, 5) is 14.3. The van der Waals surface area contributed by atoms with Gasteiger partial charge in [0.1, 0.15) is 5.69 Å². The lowest BCUT2D eigenvalue weighted by Gasteiger charge is -2.16. The molecule has 1 aliphatic heterocycles. The lowest BCUT2D eigenvalue weighted by molar-refractivity contribution is 0.00882. The predicted octanol–water partition coefficient (Wildman–Crippen LogP) is 1.11. The molecule has 1 aromatic rings. The minimum Gasteiger partial charge on any atom is -0.371 e. The SMILES string of the molecule is C[C@H]1C(O)N(c2cc(C(C)(F)F)n(C)n2)C(=O)N1C. The van der Waals surface area contributed by atoms with E-state index in [0.29, 0.717) is 0 Å². The van der Waals surface area contributed by atoms with Crippen molar-refractivity contribution in [1.29, 1.82) is 0 Å². The number of likely N-dealkylation sites (N-methyl/N-ethyl adjacent to an activating group) is 1. The summed E-state index contributed by atoms with van der Waals surface area (Å²) in [5.41, 5.74) is -0.315. The van der Waals surface area contributed by atoms with Gasteiger partial charge in [-0.25, -0.2) is 9.69 Å². The molecule has 2 rings (SSSR count). The largest absolute Gasteiger partial charge is 0.371 e. The molecule has 1 saturated heterocycles. The van der Waals surface area contributed by atoms with E-state index in [2.05, 4.69) is 5.10 Å². The Hall–Kier alpha value is -1.70. The highest BCUT2D eigenvalue weighted by atomic mass is 19.3. The van der Waals surface area contributed by atoms with Crippen LogP contribution < -0.4 is 4.90 Å². The lowest BCUT2D eigenvalue weighted by Crippen LogP contribution is -2.35. The zero-order chi connectivity index (χ0) is 14.5. The van der Waals surface area contributed by atoms with Gasteiger partial charge in [-0.2, -0.15) is 13.9 Å². The summed E-state index contributed by atoms with van der Waals surface area (Å²) in [6, 6.07) is 0.219. The van der Waals surface area contributed by atoms with E-state index < -0.39 is 24.2 Å². The number of rotatable bonds is 2. The number of carbonyl (C=O) groups excluding carboxylic acids is 1. The Bertz CT molecular complexity index is 511. The Morgan fingerprint density at radius 1 is 1.42 bits per heavy atom. The zero-order valence-electron chi connectivity index (χ0n) is 11.1. The van der Waals surface area contributed by atoms with E-state index in [-0.39, 0.29) is 11.5 Å². The molecule has 0 bridgehead atoms. The van der Waals surface area contributed by atoms with Gasteiger partial charge in [-0.1, -0.05) is 0 Å². The van der Waals surface area contributed by atoms with Gasteiger partial charge in [0.25, 0.3) is 5.92 Å². The Kier molecular flexibility index (Phi) is 3.00. The molecule has 1 N–H and O–H groups in total. The minimum absolute atomic E-state index is 0.0210. The molecule has 0 saturated carbocycles. The van der Waals surface area contributed by atoms with Crippen molar-refractivity contribution in [3.05, 3.63) is 11.8 Å². The van der Waals surface area contributed by atoms with Gasteiger partial charge >= 0.3 is 6.03 Å². The number of nitrogens with zero attached hydrogens (tertiary/aromatic N) is 4. The molecule has 1 fully saturated rings. The summed E-state index contributed by atoms with van der Waals surface area (Å²) >= 11 is 0. The maximum Gasteiger partial charge on any atom is 0.328 e. The lowest BCUT2D eigenvalue weighted by atomic mass is 10.2. The summed E-state index contributed by atoms with van der Waals surface area (Å²) < 4.78 is 27.7. The van der Waals surface area contributed by atoms with Crippen molar-refractivity contribution < 1.29 is 18.7 Å². The first-order valence-electron chi connectivity index (χ1n) is 5.81. The highest BCUT2D eigenvalue weighted by Gasteiger charge is 2.43. The Labute approximate surface area is 109 Å². The van der Waals surface area contributed by atoms with Gasteiger partial charge in [0.15, 0.2) is 12.0 Å². The third-order valence-electron chi connectivity index (χ3n) is 3.38. The molecule has 6 nitrogen and oxygen atoms in total. The molecular formula is C11H16F2N4O2. The van der Waals surface area contributed by atoms with Crippen LogP contribution in [0.15, 0.2) is 6.07 Å². The molecule has 2 heterocycles. The number of aryl methyl sites for hydroxylation is 1. The van der Waals surface area contributed by atoms with Gasteiger partial charge in [0.2, 0.25) is 0 Å². The molecule has 1 aliphatic rings. The molecule has 0 radical (unpaired) electrons. The number of aliphatic hydroxyl groups is 1. The third kappa shape index (κ3) is 2.05. The second-order valence-electron chi connectivity index (χ2n) is 4.82. The zero-order valence-corrected chi connectivity index (χ0v) is 11.1. The summed E-state index contributed by atoms with van der Waals surface area (Å²) in [5, 5.41) is 13.9. The monoisotopic (exact) mass is 274 g/mol. The van der Waals surface area contributed by atoms with E-state index in [1.165, 1.54) is 19.0 Å². The molecule has 1 unspecified atom stereocenters. The van der Waals surface area contributed by atoms with Crippen LogP contribution in [0.3, 0.4) is 0 Å². The van der Waals surface area contributed by atoms with Crippen molar-refractivity contribution in [2.45, 2.75) is 32.0 Å². The van der Waals surface area contributed by atoms with Crippen LogP contribution in [0, 0.1) is 0 Å². The fourth-order valence-corrected chi connectivity index (χ4v) is 2.09. The minimum atomic E-state index is -3.06. The number of amides is 2. The molecule has 8 heteroatoms. The average molecular weight is 274 g/mol. The Morgan fingerprint density at radius 3 is 2.37 bits per heavy atom. The van der Waals surface area contributed by atoms with Crippen LogP contribution in [0.4, 0.5) is 19.4 Å². The van der Waals surface area contributed by atoms with Crippen LogP contribution >= 0.6 is 0 Å². The number of alkyl halides is 2. The second kappa shape index (κ2) is 4.16. The highest BCUT2D eigenvalue weighted by molar-refractivity contribution is 5.94. The maximum atomic E-state index is 13.3. The van der Waals surface area contributed by atoms with Crippen LogP contribution in [-0.2, 0) is 13.0 Å². The number of aliphatic hydroxyl groups excluding tert-OH is 1. The van der Waals surface area contributed by atoms with E-state index in [1.807, 2.05) is 0 Å². The van der Waals surface area contributed by atoms with Gasteiger partial charge in [-0.3, -0.25) is 4.68 Å². The van der Waals surface area contributed by atoms with Crippen molar-refractivity contribution >= 4 is 11.8 Å². The third-order valence-corrected chi connectivity index (χ3v) is 3.38. The first-order chi connectivity index (χ1) is 8.64. The van der Waals surface area contributed by atoms with Crippen LogP contribution in [0.1, 0.15) is 19.5 Å². The number of aromatic nitrogens is 2. The van der Waals surface area contributed by atoms with E-state index >= 15 is 0 Å². The smallest absolute Gasteiger partial charge is 0.328 e. The van der Waals surface area contributed by atoms with Gasteiger partial charge in [-0.05, 0) is 6.92 Å². The summed E-state index contributed by atoms with van der Waals surface area (Å²) in [5.74, 6) is -3.04. The van der Waals surface area contributed by atoms with Gasteiger partial charge in [0.05, 0.1) is 6.04 Å². The molecule has 0 aliphatic carbocycles. The van der Waals surface area contributed by atoms with Crippen LogP contribution in [0.2, 0.25) is 0 Å². The molecule has 0 spiro atoms. The summed E-state index contributed by atoms with van der Waals surface area (Å²) in [6.45, 7) is 2.42. The standard InChI is InChI=1S/C11H16F2N4O2/c1-6-9(18)17(10(19)15(6)3)8-5-7(11(2,12)13)16(4)14-8/h5-6,9,18H,1-4H3/t6-,9?/m0/s1. The number of halogens is 2. The normalized spacial score (nSPS) is 24.5. The molecule has 106 valence electrons. The van der Waals surface area contributed by atoms with Crippen molar-refractivity contribution in [2.24, 2.45) is 7.05 Å². The number of hydrogen-bond acceptors (Lipinski definition) is 3. The Balaban J connectivity index is 2.41. The Morgan fingerprint density at radius 2 is 2.00 bits per heavy atom. The van der Waals surface area contributed by atoms with Crippen molar-refractivity contribution in [1.82, 2.24) is 14.7 Å². The first-order valence-corrected chi connectivity index (χ1v) is 5.81. The topological polar surface area (TPSA) is 61.6 Å². The average Bonchev–Trinajstić information content (AvgIpc) is 2.75.